The second-order valence-corrected chi connectivity index (χ2v) is 22.7. The highest BCUT2D eigenvalue weighted by Gasteiger charge is 2.45. The second kappa shape index (κ2) is 12.4. The molecule has 0 aliphatic carbocycles. The lowest BCUT2D eigenvalue weighted by atomic mass is 9.93. The lowest BCUT2D eigenvalue weighted by Crippen LogP contribution is -2.65. The molecule has 0 saturated heterocycles. The lowest BCUT2D eigenvalue weighted by molar-refractivity contribution is -0.705. The molecule has 218 valence electrons. The minimum absolute atomic E-state index is 0.253. The van der Waals surface area contributed by atoms with Gasteiger partial charge in [0.25, 0.3) is 0 Å². The summed E-state index contributed by atoms with van der Waals surface area (Å²) in [5, 5.41) is 1.22. The van der Waals surface area contributed by atoms with Crippen molar-refractivity contribution < 1.29 is 4.57 Å². The van der Waals surface area contributed by atoms with Crippen LogP contribution in [0.15, 0.2) is 54.2 Å². The number of aromatic nitrogens is 2. The van der Waals surface area contributed by atoms with Crippen LogP contribution in [0.5, 0.6) is 0 Å². The van der Waals surface area contributed by atoms with Crippen molar-refractivity contribution in [2.45, 2.75) is 113 Å². The maximum Gasteiger partial charge on any atom is 0.235 e. The summed E-state index contributed by atoms with van der Waals surface area (Å²) in [6.07, 6.45) is 0. The van der Waals surface area contributed by atoms with E-state index in [4.69, 9.17) is 16.1 Å². The molecule has 3 rings (SSSR count). The molecule has 0 amide bonds. The highest BCUT2D eigenvalue weighted by atomic mass is 35.6. The first kappa shape index (κ1) is 32.4. The van der Waals surface area contributed by atoms with Crippen LogP contribution in [0.25, 0.3) is 10.2 Å². The van der Waals surface area contributed by atoms with Gasteiger partial charge in [-0.05, 0) is 50.3 Å². The molecule has 2 aromatic carbocycles. The maximum absolute atomic E-state index is 8.43. The van der Waals surface area contributed by atoms with Crippen LogP contribution in [0.3, 0.4) is 0 Å². The third kappa shape index (κ3) is 6.52. The number of benzene rings is 2. The molecule has 0 spiro atoms. The zero-order valence-corrected chi connectivity index (χ0v) is 30.0. The minimum atomic E-state index is -3.31. The van der Waals surface area contributed by atoms with Crippen molar-refractivity contribution in [2.75, 3.05) is 0 Å². The fraction of sp³-hybridized carbons (Fsp3) is 0.500. The Morgan fingerprint density at radius 3 is 1.77 bits per heavy atom. The molecular weight excluding hydrogens is 542 g/mol. The van der Waals surface area contributed by atoms with Crippen LogP contribution < -0.4 is 10.0 Å². The summed E-state index contributed by atoms with van der Waals surface area (Å²) in [6, 6.07) is 18.0. The Bertz CT molecular complexity index is 1290. The van der Waals surface area contributed by atoms with Crippen LogP contribution in [0, 0.1) is 13.8 Å². The minimum Gasteiger partial charge on any atom is -0.661 e. The zero-order valence-electron chi connectivity index (χ0n) is 27.2. The van der Waals surface area contributed by atoms with Gasteiger partial charge in [-0.2, -0.15) is 11.1 Å². The standard InChI is InChI=1S/C34H52ClN3Si2/c1-23(2)30-20-17-21-31(24(3)4)33(30)36-40(35,32(22-39(11,12)13)29-18-15-14-16-19-29)34-37(25(5)6)27(9)28(10)38(34)26(7)8/h14-26H,1-13H3/b32-22-/t40-/m0/s1. The summed E-state index contributed by atoms with van der Waals surface area (Å²) < 4.78 is 4.98. The van der Waals surface area contributed by atoms with Crippen LogP contribution in [-0.2, 0) is 0 Å². The van der Waals surface area contributed by atoms with Crippen LogP contribution >= 0.6 is 11.1 Å². The van der Waals surface area contributed by atoms with Gasteiger partial charge in [0.1, 0.15) is 11.4 Å². The molecule has 0 aliphatic heterocycles. The van der Waals surface area contributed by atoms with Gasteiger partial charge in [0, 0.05) is 13.8 Å². The van der Waals surface area contributed by atoms with Gasteiger partial charge >= 0.3 is 0 Å². The van der Waals surface area contributed by atoms with Gasteiger partial charge in [0.15, 0.2) is 0 Å². The predicted octanol–water partition coefficient (Wildman–Crippen LogP) is 9.89. The summed E-state index contributed by atoms with van der Waals surface area (Å²) in [4.78, 5) is 5.92. The van der Waals surface area contributed by atoms with Crippen LogP contribution in [0.2, 0.25) is 19.6 Å². The van der Waals surface area contributed by atoms with Crippen LogP contribution in [0.1, 0.15) is 107 Å². The Labute approximate surface area is 251 Å². The second-order valence-electron chi connectivity index (χ2n) is 13.5. The van der Waals surface area contributed by atoms with E-state index in [0.29, 0.717) is 11.8 Å². The lowest BCUT2D eigenvalue weighted by Gasteiger charge is -2.44. The first-order valence-corrected chi connectivity index (χ1v) is 21.5. The van der Waals surface area contributed by atoms with Gasteiger partial charge in [-0.25, -0.2) is 9.13 Å². The number of nitrogens with zero attached hydrogens (tertiary/aromatic N) is 3. The average molecular weight is 594 g/mol. The van der Waals surface area contributed by atoms with Gasteiger partial charge in [0.2, 0.25) is 13.0 Å². The molecule has 40 heavy (non-hydrogen) atoms. The van der Waals surface area contributed by atoms with Crippen molar-refractivity contribution in [3.8, 4) is 0 Å². The van der Waals surface area contributed by atoms with E-state index in [1.165, 1.54) is 38.7 Å². The molecule has 0 radical (unpaired) electrons. The highest BCUT2D eigenvalue weighted by molar-refractivity contribution is 7.39. The fourth-order valence-electron chi connectivity index (χ4n) is 5.81. The molecule has 1 atom stereocenters. The van der Waals surface area contributed by atoms with E-state index in [-0.39, 0.29) is 12.1 Å². The molecule has 0 fully saturated rings. The van der Waals surface area contributed by atoms with Crippen molar-refractivity contribution in [2.24, 2.45) is 0 Å². The van der Waals surface area contributed by atoms with Gasteiger partial charge in [-0.15, -0.1) is 5.69 Å². The molecule has 0 bridgehead atoms. The molecule has 0 saturated carbocycles. The Morgan fingerprint density at radius 1 is 0.825 bits per heavy atom. The number of hydrogen-bond donors (Lipinski definition) is 0. The molecule has 3 nitrogen and oxygen atoms in total. The smallest absolute Gasteiger partial charge is 0.235 e. The maximum atomic E-state index is 8.43. The summed E-state index contributed by atoms with van der Waals surface area (Å²) in [7, 11) is -5.03. The summed E-state index contributed by atoms with van der Waals surface area (Å²) in [5.41, 5.74) is 11.1. The molecule has 0 unspecified atom stereocenters. The van der Waals surface area contributed by atoms with E-state index in [1.54, 1.807) is 0 Å². The summed E-state index contributed by atoms with van der Waals surface area (Å²) >= 11 is 8.43. The quantitative estimate of drug-likeness (QED) is 0.127. The van der Waals surface area contributed by atoms with Gasteiger partial charge < -0.3 is 4.98 Å². The van der Waals surface area contributed by atoms with Crippen molar-refractivity contribution in [3.05, 3.63) is 87.3 Å². The summed E-state index contributed by atoms with van der Waals surface area (Å²) in [5.74, 6) is 0.678. The highest BCUT2D eigenvalue weighted by Crippen LogP contribution is 2.46. The zero-order chi connectivity index (χ0) is 30.2. The number of rotatable bonds is 10. The Balaban J connectivity index is 2.60. The van der Waals surface area contributed by atoms with E-state index in [9.17, 15) is 0 Å². The van der Waals surface area contributed by atoms with Crippen LogP contribution in [-0.4, -0.2) is 20.2 Å². The summed E-state index contributed by atoms with van der Waals surface area (Å²) in [6.45, 7) is 29.9. The molecule has 1 heterocycles. The van der Waals surface area contributed by atoms with Gasteiger partial charge in [0.05, 0.1) is 20.2 Å². The topological polar surface area (TPSA) is 22.9 Å². The molecule has 0 N–H and O–H groups in total. The molecular formula is C34H52ClN3Si2. The van der Waals surface area contributed by atoms with Crippen molar-refractivity contribution in [1.29, 1.82) is 0 Å². The average Bonchev–Trinajstić information content (AvgIpc) is 3.13. The van der Waals surface area contributed by atoms with E-state index in [1.807, 2.05) is 0 Å². The Hall–Kier alpha value is -2.09. The van der Waals surface area contributed by atoms with E-state index in [2.05, 4.69) is 152 Å². The third-order valence-corrected chi connectivity index (χ3v) is 13.2. The Kier molecular flexibility index (Phi) is 10.1. The number of hydrogen-bond acceptors (Lipinski definition) is 0. The molecule has 3 aromatic rings. The van der Waals surface area contributed by atoms with Crippen LogP contribution in [0.4, 0.5) is 5.69 Å². The monoisotopic (exact) mass is 593 g/mol. The predicted molar refractivity (Wildman–Crippen MR) is 182 cm³/mol. The third-order valence-electron chi connectivity index (χ3n) is 7.66. The SMILES string of the molecule is Cc1c(C)[n+](C(C)C)c([Si@@](Cl)([N-]c2c(C(C)C)cccc2C(C)C)/C(=C\[Si](C)(C)C)c2ccccc2)n1C(C)C. The molecule has 1 aromatic heterocycles. The first-order valence-electron chi connectivity index (χ1n) is 15.0. The van der Waals surface area contributed by atoms with E-state index >= 15 is 0 Å². The van der Waals surface area contributed by atoms with E-state index < -0.39 is 15.6 Å². The normalized spacial score (nSPS) is 14.5. The number of halogens is 1. The fourth-order valence-corrected chi connectivity index (χ4v) is 13.6. The van der Waals surface area contributed by atoms with Gasteiger partial charge in [-0.1, -0.05) is 113 Å². The Morgan fingerprint density at radius 2 is 1.35 bits per heavy atom. The molecule has 6 heteroatoms. The van der Waals surface area contributed by atoms with Crippen molar-refractivity contribution in [3.63, 3.8) is 0 Å². The van der Waals surface area contributed by atoms with Gasteiger partial charge in [-0.3, -0.25) is 0 Å². The van der Waals surface area contributed by atoms with Crippen molar-refractivity contribution >= 4 is 43.0 Å². The largest absolute Gasteiger partial charge is 0.661 e. The first-order chi connectivity index (χ1) is 18.5. The molecule has 0 aliphatic rings. The van der Waals surface area contributed by atoms with E-state index in [0.717, 1.165) is 5.69 Å². The number of imidazole rings is 1. The van der Waals surface area contributed by atoms with Crippen molar-refractivity contribution in [1.82, 2.24) is 4.57 Å².